The Morgan fingerprint density at radius 1 is 1.25 bits per heavy atom. The molecule has 0 spiro atoms. The monoisotopic (exact) mass is 250 g/mol. The fourth-order valence-electron chi connectivity index (χ4n) is 1.12. The molecule has 0 aliphatic heterocycles. The zero-order valence-electron chi connectivity index (χ0n) is 11.2. The lowest BCUT2D eigenvalue weighted by atomic mass is 10.2. The molecule has 0 aliphatic rings. The number of hydrogen-bond donors (Lipinski definition) is 1. The molecular weight excluding hydrogens is 224 g/mol. The summed E-state index contributed by atoms with van der Waals surface area (Å²) in [6.45, 7) is 8.60. The SMILES string of the molecule is CC(N)CCN(C)CCS(=O)(=O)C(C)(C)C. The fraction of sp³-hybridized carbons (Fsp3) is 1.00. The zero-order valence-corrected chi connectivity index (χ0v) is 12.0. The highest BCUT2D eigenvalue weighted by Gasteiger charge is 2.28. The maximum atomic E-state index is 11.8. The second-order valence-corrected chi connectivity index (χ2v) is 8.36. The molecule has 0 fully saturated rings. The van der Waals surface area contributed by atoms with Gasteiger partial charge in [-0.2, -0.15) is 0 Å². The number of nitrogens with zero attached hydrogens (tertiary/aromatic N) is 1. The van der Waals surface area contributed by atoms with Gasteiger partial charge in [-0.1, -0.05) is 0 Å². The Labute approximate surface area is 100 Å². The molecule has 0 bridgehead atoms. The van der Waals surface area contributed by atoms with Crippen LogP contribution in [0.3, 0.4) is 0 Å². The average molecular weight is 250 g/mol. The van der Waals surface area contributed by atoms with Crippen molar-refractivity contribution in [2.24, 2.45) is 5.73 Å². The van der Waals surface area contributed by atoms with Gasteiger partial charge in [-0.3, -0.25) is 0 Å². The molecular formula is C11H26N2O2S. The molecule has 0 aromatic carbocycles. The van der Waals surface area contributed by atoms with Gasteiger partial charge in [-0.25, -0.2) is 8.42 Å². The highest BCUT2D eigenvalue weighted by molar-refractivity contribution is 7.92. The Morgan fingerprint density at radius 2 is 1.75 bits per heavy atom. The van der Waals surface area contributed by atoms with Gasteiger partial charge in [0.15, 0.2) is 9.84 Å². The molecule has 5 heteroatoms. The van der Waals surface area contributed by atoms with Gasteiger partial charge in [-0.15, -0.1) is 0 Å². The van der Waals surface area contributed by atoms with Gasteiger partial charge in [0.1, 0.15) is 0 Å². The molecule has 0 saturated carbocycles. The summed E-state index contributed by atoms with van der Waals surface area (Å²) in [5.74, 6) is 0.214. The van der Waals surface area contributed by atoms with Gasteiger partial charge in [-0.05, 0) is 47.7 Å². The van der Waals surface area contributed by atoms with Crippen LogP contribution in [0.15, 0.2) is 0 Å². The third-order valence-corrected chi connectivity index (χ3v) is 5.23. The van der Waals surface area contributed by atoms with E-state index in [1.165, 1.54) is 0 Å². The van der Waals surface area contributed by atoms with Crippen LogP contribution in [0.2, 0.25) is 0 Å². The first-order valence-corrected chi connectivity index (χ1v) is 7.38. The Morgan fingerprint density at radius 3 is 2.12 bits per heavy atom. The number of rotatable bonds is 6. The molecule has 2 N–H and O–H groups in total. The predicted molar refractivity (Wildman–Crippen MR) is 69.3 cm³/mol. The minimum absolute atomic E-state index is 0.168. The van der Waals surface area contributed by atoms with E-state index in [0.29, 0.717) is 6.54 Å². The minimum atomic E-state index is -3.00. The summed E-state index contributed by atoms with van der Waals surface area (Å²) in [5.41, 5.74) is 5.65. The van der Waals surface area contributed by atoms with Crippen molar-refractivity contribution in [1.29, 1.82) is 0 Å². The highest BCUT2D eigenvalue weighted by Crippen LogP contribution is 2.15. The van der Waals surface area contributed by atoms with Crippen LogP contribution < -0.4 is 5.73 Å². The van der Waals surface area contributed by atoms with Crippen molar-refractivity contribution in [3.8, 4) is 0 Å². The maximum Gasteiger partial charge on any atom is 0.156 e. The predicted octanol–water partition coefficient (Wildman–Crippen LogP) is 0.869. The topological polar surface area (TPSA) is 63.4 Å². The van der Waals surface area contributed by atoms with E-state index in [1.54, 1.807) is 20.8 Å². The first-order valence-electron chi connectivity index (χ1n) is 5.72. The molecule has 98 valence electrons. The molecule has 4 nitrogen and oxygen atoms in total. The summed E-state index contributed by atoms with van der Waals surface area (Å²) in [5, 5.41) is 0. The van der Waals surface area contributed by atoms with Crippen molar-refractivity contribution in [2.75, 3.05) is 25.9 Å². The van der Waals surface area contributed by atoms with E-state index >= 15 is 0 Å². The van der Waals surface area contributed by atoms with Crippen LogP contribution in [-0.2, 0) is 9.84 Å². The van der Waals surface area contributed by atoms with Crippen molar-refractivity contribution in [3.63, 3.8) is 0 Å². The van der Waals surface area contributed by atoms with Gasteiger partial charge in [0.05, 0.1) is 10.5 Å². The smallest absolute Gasteiger partial charge is 0.156 e. The van der Waals surface area contributed by atoms with Gasteiger partial charge >= 0.3 is 0 Å². The second kappa shape index (κ2) is 5.98. The maximum absolute atomic E-state index is 11.8. The molecule has 0 aliphatic carbocycles. The first-order chi connectivity index (χ1) is 7.06. The molecule has 0 rings (SSSR count). The normalized spacial score (nSPS) is 15.4. The third kappa shape index (κ3) is 5.82. The summed E-state index contributed by atoms with van der Waals surface area (Å²) in [7, 11) is -1.07. The van der Waals surface area contributed by atoms with E-state index in [-0.39, 0.29) is 11.8 Å². The number of sulfone groups is 1. The summed E-state index contributed by atoms with van der Waals surface area (Å²) >= 11 is 0. The Bertz CT molecular complexity index is 292. The molecule has 0 radical (unpaired) electrons. The van der Waals surface area contributed by atoms with Crippen LogP contribution in [0, 0.1) is 0 Å². The molecule has 0 heterocycles. The zero-order chi connectivity index (χ0) is 13.0. The van der Waals surface area contributed by atoms with Crippen molar-refractivity contribution >= 4 is 9.84 Å². The van der Waals surface area contributed by atoms with Gasteiger partial charge in [0, 0.05) is 12.6 Å². The minimum Gasteiger partial charge on any atom is -0.328 e. The highest BCUT2D eigenvalue weighted by atomic mass is 32.2. The van der Waals surface area contributed by atoms with Gasteiger partial charge in [0.2, 0.25) is 0 Å². The van der Waals surface area contributed by atoms with E-state index in [9.17, 15) is 8.42 Å². The molecule has 0 amide bonds. The number of nitrogens with two attached hydrogens (primary N) is 1. The van der Waals surface area contributed by atoms with Crippen LogP contribution in [-0.4, -0.2) is 50.0 Å². The van der Waals surface area contributed by atoms with E-state index < -0.39 is 14.6 Å². The Balaban J connectivity index is 4.07. The lowest BCUT2D eigenvalue weighted by Crippen LogP contribution is -2.36. The molecule has 1 unspecified atom stereocenters. The van der Waals surface area contributed by atoms with Crippen LogP contribution in [0.4, 0.5) is 0 Å². The second-order valence-electron chi connectivity index (χ2n) is 5.50. The van der Waals surface area contributed by atoms with E-state index in [2.05, 4.69) is 0 Å². The lowest BCUT2D eigenvalue weighted by Gasteiger charge is -2.22. The van der Waals surface area contributed by atoms with Crippen molar-refractivity contribution in [1.82, 2.24) is 4.90 Å². The third-order valence-electron chi connectivity index (χ3n) is 2.64. The van der Waals surface area contributed by atoms with E-state index in [0.717, 1.165) is 13.0 Å². The molecule has 0 aromatic heterocycles. The summed E-state index contributed by atoms with van der Waals surface area (Å²) in [4.78, 5) is 2.02. The average Bonchev–Trinajstić information content (AvgIpc) is 2.09. The summed E-state index contributed by atoms with van der Waals surface area (Å²) in [6, 6.07) is 0.168. The number of hydrogen-bond acceptors (Lipinski definition) is 4. The van der Waals surface area contributed by atoms with Crippen LogP contribution >= 0.6 is 0 Å². The van der Waals surface area contributed by atoms with Crippen LogP contribution in [0.5, 0.6) is 0 Å². The molecule has 0 saturated heterocycles. The van der Waals surface area contributed by atoms with Crippen LogP contribution in [0.1, 0.15) is 34.1 Å². The van der Waals surface area contributed by atoms with Crippen LogP contribution in [0.25, 0.3) is 0 Å². The van der Waals surface area contributed by atoms with Crippen molar-refractivity contribution in [3.05, 3.63) is 0 Å². The standard InChI is InChI=1S/C11H26N2O2S/c1-10(12)6-7-13(5)8-9-16(14,15)11(2,3)4/h10H,6-9,12H2,1-5H3. The van der Waals surface area contributed by atoms with E-state index in [4.69, 9.17) is 5.73 Å². The quantitative estimate of drug-likeness (QED) is 0.760. The van der Waals surface area contributed by atoms with E-state index in [1.807, 2.05) is 18.9 Å². The van der Waals surface area contributed by atoms with Gasteiger partial charge in [0.25, 0.3) is 0 Å². The Kier molecular flexibility index (Phi) is 5.93. The largest absolute Gasteiger partial charge is 0.328 e. The molecule has 16 heavy (non-hydrogen) atoms. The van der Waals surface area contributed by atoms with Crippen molar-refractivity contribution < 1.29 is 8.42 Å². The lowest BCUT2D eigenvalue weighted by molar-refractivity contribution is 0.337. The Hall–Kier alpha value is -0.130. The first kappa shape index (κ1) is 15.9. The summed E-state index contributed by atoms with van der Waals surface area (Å²) < 4.78 is 23.0. The molecule has 0 aromatic rings. The molecule has 1 atom stereocenters. The fourth-order valence-corrected chi connectivity index (χ4v) is 2.28. The van der Waals surface area contributed by atoms with Crippen molar-refractivity contribution in [2.45, 2.75) is 44.9 Å². The summed E-state index contributed by atoms with van der Waals surface area (Å²) in [6.07, 6.45) is 0.895. The van der Waals surface area contributed by atoms with Gasteiger partial charge < -0.3 is 10.6 Å².